The molecule has 1 fully saturated rings. The number of benzene rings is 2. The number of nitrogens with zero attached hydrogens (tertiary/aromatic N) is 1. The summed E-state index contributed by atoms with van der Waals surface area (Å²) in [5.74, 6) is -5.48. The summed E-state index contributed by atoms with van der Waals surface area (Å²) < 4.78 is 40.0. The van der Waals surface area contributed by atoms with Gasteiger partial charge in [-0.3, -0.25) is 9.59 Å². The third-order valence-corrected chi connectivity index (χ3v) is 4.92. The van der Waals surface area contributed by atoms with Crippen LogP contribution in [-0.4, -0.2) is 35.8 Å². The van der Waals surface area contributed by atoms with Crippen molar-refractivity contribution >= 4 is 24.4 Å². The molecule has 1 aliphatic rings. The molecule has 0 unspecified atom stereocenters. The van der Waals surface area contributed by atoms with E-state index >= 15 is 0 Å². The van der Waals surface area contributed by atoms with Gasteiger partial charge in [0.05, 0.1) is 11.1 Å². The van der Waals surface area contributed by atoms with Crippen LogP contribution in [0.5, 0.6) is 0 Å². The van der Waals surface area contributed by atoms with Gasteiger partial charge in [0.1, 0.15) is 0 Å². The van der Waals surface area contributed by atoms with Gasteiger partial charge in [0, 0.05) is 24.0 Å². The van der Waals surface area contributed by atoms with E-state index < -0.39 is 28.9 Å². The van der Waals surface area contributed by atoms with Crippen LogP contribution in [0.15, 0.2) is 41.3 Å². The molecular formula is C19H17F3N2O2S. The van der Waals surface area contributed by atoms with Gasteiger partial charge in [-0.1, -0.05) is 12.1 Å². The first-order chi connectivity index (χ1) is 12.9. The lowest BCUT2D eigenvalue weighted by molar-refractivity contribution is 0.0694. The highest BCUT2D eigenvalue weighted by molar-refractivity contribution is 7.80. The molecule has 0 aliphatic carbocycles. The Bertz CT molecular complexity index is 883. The SMILES string of the molecule is O=C(NC1CCN(C(=O)c2ccccc2S)CC1)c1ccc(F)c(F)c1F. The Morgan fingerprint density at radius 1 is 0.963 bits per heavy atom. The number of amides is 2. The lowest BCUT2D eigenvalue weighted by atomic mass is 10.0. The summed E-state index contributed by atoms with van der Waals surface area (Å²) in [6.07, 6.45) is 0.940. The maximum Gasteiger partial charge on any atom is 0.254 e. The lowest BCUT2D eigenvalue weighted by Crippen LogP contribution is -2.46. The number of likely N-dealkylation sites (tertiary alicyclic amines) is 1. The summed E-state index contributed by atoms with van der Waals surface area (Å²) in [7, 11) is 0. The van der Waals surface area contributed by atoms with Gasteiger partial charge in [0.2, 0.25) is 0 Å². The summed E-state index contributed by atoms with van der Waals surface area (Å²) >= 11 is 4.29. The quantitative estimate of drug-likeness (QED) is 0.619. The van der Waals surface area contributed by atoms with Crippen LogP contribution in [0.1, 0.15) is 33.6 Å². The molecule has 27 heavy (non-hydrogen) atoms. The predicted octanol–water partition coefficient (Wildman–Crippen LogP) is 3.43. The Hall–Kier alpha value is -2.48. The number of thiol groups is 1. The van der Waals surface area contributed by atoms with Crippen molar-refractivity contribution in [1.82, 2.24) is 10.2 Å². The molecule has 0 spiro atoms. The molecule has 2 amide bonds. The molecule has 4 nitrogen and oxygen atoms in total. The van der Waals surface area contributed by atoms with Gasteiger partial charge in [-0.15, -0.1) is 12.6 Å². The number of hydrogen-bond acceptors (Lipinski definition) is 3. The number of rotatable bonds is 3. The summed E-state index contributed by atoms with van der Waals surface area (Å²) in [6, 6.07) is 8.31. The zero-order chi connectivity index (χ0) is 19.6. The van der Waals surface area contributed by atoms with Crippen molar-refractivity contribution in [2.24, 2.45) is 0 Å². The number of piperidine rings is 1. The van der Waals surface area contributed by atoms with Crippen molar-refractivity contribution in [3.05, 3.63) is 65.0 Å². The fraction of sp³-hybridized carbons (Fsp3) is 0.263. The van der Waals surface area contributed by atoms with Gasteiger partial charge in [0.15, 0.2) is 17.5 Å². The van der Waals surface area contributed by atoms with Crippen molar-refractivity contribution in [3.8, 4) is 0 Å². The molecule has 1 heterocycles. The second kappa shape index (κ2) is 8.04. The van der Waals surface area contributed by atoms with Crippen LogP contribution in [0.25, 0.3) is 0 Å². The second-order valence-electron chi connectivity index (χ2n) is 6.28. The summed E-state index contributed by atoms with van der Waals surface area (Å²) in [6.45, 7) is 0.818. The summed E-state index contributed by atoms with van der Waals surface area (Å²) in [4.78, 5) is 26.9. The Morgan fingerprint density at radius 3 is 2.30 bits per heavy atom. The number of halogens is 3. The van der Waals surface area contributed by atoms with E-state index in [9.17, 15) is 22.8 Å². The van der Waals surface area contributed by atoms with E-state index in [1.165, 1.54) is 0 Å². The Morgan fingerprint density at radius 2 is 1.63 bits per heavy atom. The maximum absolute atomic E-state index is 13.7. The highest BCUT2D eigenvalue weighted by Gasteiger charge is 2.27. The van der Waals surface area contributed by atoms with Crippen LogP contribution in [0, 0.1) is 17.5 Å². The number of carbonyl (C=O) groups is 2. The van der Waals surface area contributed by atoms with Crippen molar-refractivity contribution in [2.75, 3.05) is 13.1 Å². The zero-order valence-electron chi connectivity index (χ0n) is 14.2. The number of carbonyl (C=O) groups excluding carboxylic acids is 2. The van der Waals surface area contributed by atoms with Gasteiger partial charge >= 0.3 is 0 Å². The fourth-order valence-corrected chi connectivity index (χ4v) is 3.27. The zero-order valence-corrected chi connectivity index (χ0v) is 15.1. The topological polar surface area (TPSA) is 49.4 Å². The summed E-state index contributed by atoms with van der Waals surface area (Å²) in [5, 5.41) is 2.61. The Labute approximate surface area is 159 Å². The van der Waals surface area contributed by atoms with E-state index in [4.69, 9.17) is 0 Å². The molecule has 2 aromatic rings. The van der Waals surface area contributed by atoms with Gasteiger partial charge in [-0.2, -0.15) is 0 Å². The van der Waals surface area contributed by atoms with E-state index in [2.05, 4.69) is 17.9 Å². The lowest BCUT2D eigenvalue weighted by Gasteiger charge is -2.32. The Balaban J connectivity index is 1.60. The third kappa shape index (κ3) is 4.10. The molecule has 1 aliphatic heterocycles. The van der Waals surface area contributed by atoms with Gasteiger partial charge < -0.3 is 10.2 Å². The molecule has 0 saturated carbocycles. The average Bonchev–Trinajstić information content (AvgIpc) is 2.66. The van der Waals surface area contributed by atoms with Gasteiger partial charge in [0.25, 0.3) is 11.8 Å². The van der Waals surface area contributed by atoms with Crippen LogP contribution in [0.2, 0.25) is 0 Å². The molecule has 3 rings (SSSR count). The molecule has 2 aromatic carbocycles. The van der Waals surface area contributed by atoms with Gasteiger partial charge in [-0.25, -0.2) is 13.2 Å². The molecule has 1 N–H and O–H groups in total. The van der Waals surface area contributed by atoms with Crippen LogP contribution < -0.4 is 5.32 Å². The first kappa shape index (κ1) is 19.3. The van der Waals surface area contributed by atoms with Crippen molar-refractivity contribution in [1.29, 1.82) is 0 Å². The van der Waals surface area contributed by atoms with E-state index in [1.807, 2.05) is 0 Å². The maximum atomic E-state index is 13.7. The van der Waals surface area contributed by atoms with Crippen molar-refractivity contribution in [2.45, 2.75) is 23.8 Å². The molecule has 0 atom stereocenters. The largest absolute Gasteiger partial charge is 0.349 e. The first-order valence-corrected chi connectivity index (χ1v) is 8.85. The first-order valence-electron chi connectivity index (χ1n) is 8.40. The summed E-state index contributed by atoms with van der Waals surface area (Å²) in [5.41, 5.74) is -0.0383. The molecule has 1 saturated heterocycles. The minimum atomic E-state index is -1.67. The minimum Gasteiger partial charge on any atom is -0.349 e. The van der Waals surface area contributed by atoms with Crippen LogP contribution >= 0.6 is 12.6 Å². The molecule has 0 bridgehead atoms. The molecule has 0 aromatic heterocycles. The standard InChI is InChI=1S/C19H17F3N2O2S/c20-14-6-5-13(16(21)17(14)22)18(25)23-11-7-9-24(10-8-11)19(26)12-3-1-2-4-15(12)27/h1-6,11,27H,7-10H2,(H,23,25). The van der Waals surface area contributed by atoms with Crippen LogP contribution in [0.4, 0.5) is 13.2 Å². The van der Waals surface area contributed by atoms with Crippen molar-refractivity contribution < 1.29 is 22.8 Å². The van der Waals surface area contributed by atoms with E-state index in [0.29, 0.717) is 42.5 Å². The monoisotopic (exact) mass is 394 g/mol. The third-order valence-electron chi connectivity index (χ3n) is 4.53. The fourth-order valence-electron chi connectivity index (χ4n) is 3.02. The smallest absolute Gasteiger partial charge is 0.254 e. The second-order valence-corrected chi connectivity index (χ2v) is 6.76. The van der Waals surface area contributed by atoms with E-state index in [0.717, 1.165) is 6.07 Å². The number of nitrogens with one attached hydrogen (secondary N) is 1. The van der Waals surface area contributed by atoms with Crippen LogP contribution in [-0.2, 0) is 0 Å². The highest BCUT2D eigenvalue weighted by atomic mass is 32.1. The minimum absolute atomic E-state index is 0.142. The molecule has 8 heteroatoms. The van der Waals surface area contributed by atoms with E-state index in [1.54, 1.807) is 29.2 Å². The molecular weight excluding hydrogens is 377 g/mol. The average molecular weight is 394 g/mol. The molecule has 0 radical (unpaired) electrons. The van der Waals surface area contributed by atoms with Crippen molar-refractivity contribution in [3.63, 3.8) is 0 Å². The van der Waals surface area contributed by atoms with Crippen LogP contribution in [0.3, 0.4) is 0 Å². The van der Waals surface area contributed by atoms with Gasteiger partial charge in [-0.05, 0) is 37.1 Å². The predicted molar refractivity (Wildman–Crippen MR) is 96.4 cm³/mol. The normalized spacial score (nSPS) is 14.9. The Kier molecular flexibility index (Phi) is 5.74. The molecule has 142 valence electrons. The highest BCUT2D eigenvalue weighted by Crippen LogP contribution is 2.20. The number of hydrogen-bond donors (Lipinski definition) is 2. The van der Waals surface area contributed by atoms with E-state index in [-0.39, 0.29) is 11.9 Å².